The van der Waals surface area contributed by atoms with Gasteiger partial charge in [0.25, 0.3) is 0 Å². The van der Waals surface area contributed by atoms with Crippen molar-refractivity contribution < 1.29 is 9.84 Å². The Morgan fingerprint density at radius 3 is 2.79 bits per heavy atom. The molecule has 0 amide bonds. The van der Waals surface area contributed by atoms with Crippen molar-refractivity contribution in [1.29, 1.82) is 0 Å². The summed E-state index contributed by atoms with van der Waals surface area (Å²) in [6.45, 7) is 3.12. The maximum absolute atomic E-state index is 11.2. The van der Waals surface area contributed by atoms with Crippen LogP contribution in [0.4, 0.5) is 0 Å². The molecule has 2 aromatic heterocycles. The number of aromatic nitrogens is 3. The first-order valence-corrected chi connectivity index (χ1v) is 8.73. The Balaban J connectivity index is 1.90. The van der Waals surface area contributed by atoms with Crippen LogP contribution in [-0.4, -0.2) is 38.5 Å². The smallest absolute Gasteiger partial charge is 0.107 e. The van der Waals surface area contributed by atoms with E-state index in [1.165, 1.54) is 0 Å². The molecule has 0 unspecified atom stereocenters. The van der Waals surface area contributed by atoms with Crippen molar-refractivity contribution in [3.63, 3.8) is 0 Å². The van der Waals surface area contributed by atoms with Crippen molar-refractivity contribution in [3.8, 4) is 0 Å². The van der Waals surface area contributed by atoms with E-state index in [9.17, 15) is 5.11 Å². The molecule has 1 fully saturated rings. The fourth-order valence-electron chi connectivity index (χ4n) is 3.94. The van der Waals surface area contributed by atoms with Crippen LogP contribution >= 0.6 is 0 Å². The van der Waals surface area contributed by atoms with Gasteiger partial charge < -0.3 is 14.4 Å². The van der Waals surface area contributed by atoms with Gasteiger partial charge in [0, 0.05) is 12.0 Å². The number of nitrogens with zero attached hydrogens (tertiary/aromatic N) is 3. The summed E-state index contributed by atoms with van der Waals surface area (Å²) in [5, 5.41) is 12.3. The van der Waals surface area contributed by atoms with E-state index >= 15 is 0 Å². The van der Waals surface area contributed by atoms with Gasteiger partial charge in [0.05, 0.1) is 41.8 Å². The van der Waals surface area contributed by atoms with Gasteiger partial charge in [0.1, 0.15) is 5.52 Å². The SMILES string of the molecule is CCOC[C@@H](n1cnc2cnc3ccccc3c21)C1(O)CCCC1. The number of para-hydroxylation sites is 1. The number of aliphatic hydroxyl groups is 1. The molecular weight excluding hydrogens is 302 g/mol. The van der Waals surface area contributed by atoms with E-state index < -0.39 is 5.60 Å². The third-order valence-electron chi connectivity index (χ3n) is 5.21. The Kier molecular flexibility index (Phi) is 3.98. The molecule has 1 aromatic carbocycles. The molecule has 1 saturated carbocycles. The molecule has 0 spiro atoms. The maximum Gasteiger partial charge on any atom is 0.107 e. The number of hydrogen-bond donors (Lipinski definition) is 1. The Morgan fingerprint density at radius 1 is 1.21 bits per heavy atom. The molecule has 5 heteroatoms. The minimum Gasteiger partial charge on any atom is -0.388 e. The third-order valence-corrected chi connectivity index (χ3v) is 5.21. The van der Waals surface area contributed by atoms with E-state index in [1.54, 1.807) is 0 Å². The summed E-state index contributed by atoms with van der Waals surface area (Å²) in [6, 6.07) is 7.95. The van der Waals surface area contributed by atoms with Gasteiger partial charge in [-0.1, -0.05) is 31.0 Å². The largest absolute Gasteiger partial charge is 0.388 e. The van der Waals surface area contributed by atoms with Crippen molar-refractivity contribution in [2.45, 2.75) is 44.2 Å². The second-order valence-corrected chi connectivity index (χ2v) is 6.65. The van der Waals surface area contributed by atoms with Crippen molar-refractivity contribution in [2.24, 2.45) is 0 Å². The minimum atomic E-state index is -0.729. The number of ether oxygens (including phenoxy) is 1. The Labute approximate surface area is 141 Å². The Hall–Kier alpha value is -1.98. The zero-order valence-corrected chi connectivity index (χ0v) is 14.0. The highest BCUT2D eigenvalue weighted by Gasteiger charge is 2.41. The van der Waals surface area contributed by atoms with Crippen LogP contribution in [0.1, 0.15) is 38.6 Å². The fourth-order valence-corrected chi connectivity index (χ4v) is 3.94. The van der Waals surface area contributed by atoms with E-state index in [0.717, 1.165) is 47.6 Å². The molecule has 0 bridgehead atoms. The molecule has 0 saturated heterocycles. The van der Waals surface area contributed by atoms with E-state index in [0.29, 0.717) is 13.2 Å². The topological polar surface area (TPSA) is 60.2 Å². The molecule has 4 rings (SSSR count). The summed E-state index contributed by atoms with van der Waals surface area (Å²) in [4.78, 5) is 9.02. The van der Waals surface area contributed by atoms with E-state index in [1.807, 2.05) is 37.6 Å². The molecule has 126 valence electrons. The highest BCUT2D eigenvalue weighted by atomic mass is 16.5. The summed E-state index contributed by atoms with van der Waals surface area (Å²) in [6.07, 6.45) is 7.40. The summed E-state index contributed by atoms with van der Waals surface area (Å²) in [5.41, 5.74) is 2.11. The van der Waals surface area contributed by atoms with Crippen LogP contribution in [0.15, 0.2) is 36.8 Å². The van der Waals surface area contributed by atoms with Crippen molar-refractivity contribution in [1.82, 2.24) is 14.5 Å². The zero-order chi connectivity index (χ0) is 16.6. The molecule has 24 heavy (non-hydrogen) atoms. The lowest BCUT2D eigenvalue weighted by Crippen LogP contribution is -2.39. The molecule has 1 aliphatic carbocycles. The summed E-state index contributed by atoms with van der Waals surface area (Å²) in [7, 11) is 0. The van der Waals surface area contributed by atoms with Crippen LogP contribution in [0, 0.1) is 0 Å². The van der Waals surface area contributed by atoms with Crippen LogP contribution in [0.2, 0.25) is 0 Å². The lowest BCUT2D eigenvalue weighted by Gasteiger charge is -2.34. The quantitative estimate of drug-likeness (QED) is 0.780. The fraction of sp³-hybridized carbons (Fsp3) is 0.474. The molecule has 5 nitrogen and oxygen atoms in total. The average Bonchev–Trinajstić information content (AvgIpc) is 3.23. The van der Waals surface area contributed by atoms with Crippen LogP contribution in [0.5, 0.6) is 0 Å². The number of pyridine rings is 1. The van der Waals surface area contributed by atoms with Crippen LogP contribution in [0.25, 0.3) is 21.9 Å². The highest BCUT2D eigenvalue weighted by Crippen LogP contribution is 2.40. The summed E-state index contributed by atoms with van der Waals surface area (Å²) >= 11 is 0. The molecule has 3 aromatic rings. The average molecular weight is 325 g/mol. The standard InChI is InChI=1S/C19H23N3O2/c1-2-24-12-17(19(23)9-5-6-10-19)22-13-21-16-11-20-15-8-4-3-7-14(15)18(16)22/h3-4,7-8,11,13,17,23H,2,5-6,9-10,12H2,1H3/t17-/m1/s1. The van der Waals surface area contributed by atoms with Crippen molar-refractivity contribution in [3.05, 3.63) is 36.8 Å². The number of hydrogen-bond acceptors (Lipinski definition) is 4. The van der Waals surface area contributed by atoms with Gasteiger partial charge in [-0.25, -0.2) is 4.98 Å². The normalized spacial score (nSPS) is 18.4. The summed E-state index contributed by atoms with van der Waals surface area (Å²) in [5.74, 6) is 0. The predicted molar refractivity (Wildman–Crippen MR) is 94.0 cm³/mol. The molecular formula is C19H23N3O2. The third kappa shape index (κ3) is 2.48. The predicted octanol–water partition coefficient (Wildman–Crippen LogP) is 3.47. The lowest BCUT2D eigenvalue weighted by molar-refractivity contribution is -0.0399. The Bertz CT molecular complexity index is 852. The highest BCUT2D eigenvalue weighted by molar-refractivity contribution is 6.02. The summed E-state index contributed by atoms with van der Waals surface area (Å²) < 4.78 is 7.85. The van der Waals surface area contributed by atoms with E-state index in [-0.39, 0.29) is 6.04 Å². The first-order valence-electron chi connectivity index (χ1n) is 8.73. The number of imidazole rings is 1. The second-order valence-electron chi connectivity index (χ2n) is 6.65. The molecule has 1 N–H and O–H groups in total. The van der Waals surface area contributed by atoms with E-state index in [4.69, 9.17) is 4.74 Å². The number of fused-ring (bicyclic) bond motifs is 3. The first kappa shape index (κ1) is 15.5. The zero-order valence-electron chi connectivity index (χ0n) is 14.0. The van der Waals surface area contributed by atoms with Gasteiger partial charge in [-0.3, -0.25) is 4.98 Å². The van der Waals surface area contributed by atoms with Crippen molar-refractivity contribution >= 4 is 21.9 Å². The van der Waals surface area contributed by atoms with Gasteiger partial charge in [-0.15, -0.1) is 0 Å². The van der Waals surface area contributed by atoms with Crippen LogP contribution in [-0.2, 0) is 4.74 Å². The molecule has 0 aliphatic heterocycles. The number of rotatable bonds is 5. The maximum atomic E-state index is 11.2. The van der Waals surface area contributed by atoms with E-state index in [2.05, 4.69) is 20.6 Å². The van der Waals surface area contributed by atoms with Gasteiger partial charge in [-0.05, 0) is 25.8 Å². The number of benzene rings is 1. The van der Waals surface area contributed by atoms with Crippen molar-refractivity contribution in [2.75, 3.05) is 13.2 Å². The van der Waals surface area contributed by atoms with Crippen LogP contribution in [0.3, 0.4) is 0 Å². The van der Waals surface area contributed by atoms with Crippen LogP contribution < -0.4 is 0 Å². The minimum absolute atomic E-state index is 0.129. The lowest BCUT2D eigenvalue weighted by atomic mass is 9.92. The van der Waals surface area contributed by atoms with Gasteiger partial charge >= 0.3 is 0 Å². The Morgan fingerprint density at radius 2 is 2.00 bits per heavy atom. The monoisotopic (exact) mass is 325 g/mol. The molecule has 2 heterocycles. The first-order chi connectivity index (χ1) is 11.7. The van der Waals surface area contributed by atoms with Gasteiger partial charge in [0.15, 0.2) is 0 Å². The molecule has 1 aliphatic rings. The van der Waals surface area contributed by atoms with Gasteiger partial charge in [-0.2, -0.15) is 0 Å². The molecule has 0 radical (unpaired) electrons. The molecule has 1 atom stereocenters. The van der Waals surface area contributed by atoms with Gasteiger partial charge in [0.2, 0.25) is 0 Å². The second kappa shape index (κ2) is 6.15.